The minimum atomic E-state index is -0.427. The Morgan fingerprint density at radius 3 is 2.65 bits per heavy atom. The Bertz CT molecular complexity index is 372. The van der Waals surface area contributed by atoms with Gasteiger partial charge in [-0.3, -0.25) is 9.59 Å². The van der Waals surface area contributed by atoms with E-state index in [1.54, 1.807) is 0 Å². The van der Waals surface area contributed by atoms with Crippen LogP contribution in [0.1, 0.15) is 46.0 Å². The molecule has 2 aliphatic carbocycles. The third kappa shape index (κ3) is 1.40. The van der Waals surface area contributed by atoms with Crippen molar-refractivity contribution in [3.05, 3.63) is 0 Å². The van der Waals surface area contributed by atoms with Crippen LogP contribution in [-0.4, -0.2) is 17.4 Å². The van der Waals surface area contributed by atoms with E-state index < -0.39 is 5.60 Å². The monoisotopic (exact) mass is 236 g/mol. The second-order valence-corrected chi connectivity index (χ2v) is 6.19. The largest absolute Gasteiger partial charge is 0.458 e. The molecule has 3 nitrogen and oxygen atoms in total. The third-order valence-corrected chi connectivity index (χ3v) is 5.35. The van der Waals surface area contributed by atoms with Crippen molar-refractivity contribution in [2.45, 2.75) is 51.6 Å². The smallest absolute Gasteiger partial charge is 0.309 e. The molecule has 2 saturated carbocycles. The van der Waals surface area contributed by atoms with Gasteiger partial charge in [0.2, 0.25) is 0 Å². The Morgan fingerprint density at radius 1 is 1.12 bits per heavy atom. The van der Waals surface area contributed by atoms with Crippen molar-refractivity contribution in [3.63, 3.8) is 0 Å². The lowest BCUT2D eigenvalue weighted by Crippen LogP contribution is -2.53. The first-order chi connectivity index (χ1) is 8.04. The van der Waals surface area contributed by atoms with E-state index in [-0.39, 0.29) is 23.6 Å². The summed E-state index contributed by atoms with van der Waals surface area (Å²) in [5.41, 5.74) is -0.427. The minimum absolute atomic E-state index is 0.0177. The summed E-state index contributed by atoms with van der Waals surface area (Å²) in [7, 11) is 0. The third-order valence-electron chi connectivity index (χ3n) is 5.35. The van der Waals surface area contributed by atoms with E-state index in [0.29, 0.717) is 24.7 Å². The molecule has 0 aromatic heterocycles. The lowest BCUT2D eigenvalue weighted by Gasteiger charge is -2.49. The van der Waals surface area contributed by atoms with Crippen molar-refractivity contribution in [1.82, 2.24) is 0 Å². The van der Waals surface area contributed by atoms with Crippen molar-refractivity contribution < 1.29 is 14.3 Å². The SMILES string of the molecule is C[C@@H]1CC[C@@H]2[C@@H](C)C(=O)O[C@@]23CC(=O)CC[C@@H]13. The number of carbonyl (C=O) groups is 2. The number of hydrogen-bond donors (Lipinski definition) is 0. The van der Waals surface area contributed by atoms with E-state index in [0.717, 1.165) is 12.8 Å². The summed E-state index contributed by atoms with van der Waals surface area (Å²) in [4.78, 5) is 23.7. The van der Waals surface area contributed by atoms with Gasteiger partial charge in [-0.05, 0) is 25.2 Å². The van der Waals surface area contributed by atoms with Gasteiger partial charge in [0.25, 0.3) is 0 Å². The van der Waals surface area contributed by atoms with Gasteiger partial charge in [-0.2, -0.15) is 0 Å². The van der Waals surface area contributed by atoms with Crippen molar-refractivity contribution in [2.75, 3.05) is 0 Å². The van der Waals surface area contributed by atoms with Gasteiger partial charge < -0.3 is 4.74 Å². The zero-order valence-corrected chi connectivity index (χ0v) is 10.6. The van der Waals surface area contributed by atoms with Gasteiger partial charge in [-0.15, -0.1) is 0 Å². The highest BCUT2D eigenvalue weighted by molar-refractivity contribution is 5.83. The molecule has 3 rings (SSSR count). The number of carbonyl (C=O) groups excluding carboxylic acids is 2. The molecule has 0 N–H and O–H groups in total. The molecule has 1 saturated heterocycles. The van der Waals surface area contributed by atoms with Crippen molar-refractivity contribution >= 4 is 11.8 Å². The van der Waals surface area contributed by atoms with Crippen LogP contribution in [0, 0.1) is 23.7 Å². The van der Waals surface area contributed by atoms with Gasteiger partial charge in [0.05, 0.1) is 5.92 Å². The first-order valence-corrected chi connectivity index (χ1v) is 6.79. The maximum atomic E-state index is 11.9. The Labute approximate surface area is 102 Å². The highest BCUT2D eigenvalue weighted by Gasteiger charge is 2.62. The molecule has 0 radical (unpaired) electrons. The Hall–Kier alpha value is -0.860. The predicted octanol–water partition coefficient (Wildman–Crippen LogP) is 2.33. The lowest BCUT2D eigenvalue weighted by atomic mass is 9.57. The molecular formula is C14H20O3. The topological polar surface area (TPSA) is 43.4 Å². The molecule has 0 aromatic rings. The molecule has 1 spiro atoms. The van der Waals surface area contributed by atoms with Gasteiger partial charge in [0.15, 0.2) is 0 Å². The van der Waals surface area contributed by atoms with Crippen LogP contribution in [0.3, 0.4) is 0 Å². The van der Waals surface area contributed by atoms with Gasteiger partial charge in [-0.25, -0.2) is 0 Å². The second kappa shape index (κ2) is 3.56. The highest BCUT2D eigenvalue weighted by Crippen LogP contribution is 2.56. The summed E-state index contributed by atoms with van der Waals surface area (Å²) in [5.74, 6) is 1.45. The van der Waals surface area contributed by atoms with Gasteiger partial charge in [-0.1, -0.05) is 13.8 Å². The number of ketones is 1. The molecule has 3 aliphatic rings. The first kappa shape index (κ1) is 11.2. The maximum absolute atomic E-state index is 11.9. The number of rotatable bonds is 0. The second-order valence-electron chi connectivity index (χ2n) is 6.19. The molecule has 0 aromatic carbocycles. The quantitative estimate of drug-likeness (QED) is 0.606. The summed E-state index contributed by atoms with van der Waals surface area (Å²) < 4.78 is 5.75. The molecule has 0 bridgehead atoms. The highest BCUT2D eigenvalue weighted by atomic mass is 16.6. The maximum Gasteiger partial charge on any atom is 0.309 e. The molecule has 1 heterocycles. The van der Waals surface area contributed by atoms with Crippen molar-refractivity contribution in [1.29, 1.82) is 0 Å². The average Bonchev–Trinajstić information content (AvgIpc) is 2.50. The number of esters is 1. The number of Topliss-reactive ketones (excluding diaryl/α,β-unsaturated/α-hetero) is 1. The molecule has 0 amide bonds. The van der Waals surface area contributed by atoms with Crippen LogP contribution in [0.4, 0.5) is 0 Å². The molecule has 5 atom stereocenters. The molecule has 17 heavy (non-hydrogen) atoms. The zero-order valence-electron chi connectivity index (χ0n) is 10.6. The Morgan fingerprint density at radius 2 is 1.88 bits per heavy atom. The minimum Gasteiger partial charge on any atom is -0.458 e. The molecule has 1 aliphatic heterocycles. The molecular weight excluding hydrogens is 216 g/mol. The van der Waals surface area contributed by atoms with E-state index in [1.807, 2.05) is 6.92 Å². The molecule has 3 heteroatoms. The lowest BCUT2D eigenvalue weighted by molar-refractivity contribution is -0.170. The normalized spacial score (nSPS) is 49.5. The predicted molar refractivity (Wildman–Crippen MR) is 62.2 cm³/mol. The van der Waals surface area contributed by atoms with Gasteiger partial charge >= 0.3 is 5.97 Å². The summed E-state index contributed by atoms with van der Waals surface area (Å²) in [6, 6.07) is 0. The molecule has 3 fully saturated rings. The van der Waals surface area contributed by atoms with E-state index in [1.165, 1.54) is 6.42 Å². The fourth-order valence-corrected chi connectivity index (χ4v) is 4.45. The Balaban J connectivity index is 2.01. The van der Waals surface area contributed by atoms with Gasteiger partial charge in [0, 0.05) is 24.7 Å². The fourth-order valence-electron chi connectivity index (χ4n) is 4.45. The zero-order chi connectivity index (χ0) is 12.2. The summed E-state index contributed by atoms with van der Waals surface area (Å²) >= 11 is 0. The van der Waals surface area contributed by atoms with Crippen LogP contribution >= 0.6 is 0 Å². The van der Waals surface area contributed by atoms with E-state index in [9.17, 15) is 9.59 Å². The van der Waals surface area contributed by atoms with Crippen LogP contribution in [0.2, 0.25) is 0 Å². The molecule has 0 unspecified atom stereocenters. The fraction of sp³-hybridized carbons (Fsp3) is 0.857. The van der Waals surface area contributed by atoms with E-state index in [4.69, 9.17) is 4.74 Å². The van der Waals surface area contributed by atoms with Crippen LogP contribution in [-0.2, 0) is 14.3 Å². The van der Waals surface area contributed by atoms with Crippen molar-refractivity contribution in [2.24, 2.45) is 23.7 Å². The van der Waals surface area contributed by atoms with Crippen LogP contribution < -0.4 is 0 Å². The number of hydrogen-bond acceptors (Lipinski definition) is 3. The van der Waals surface area contributed by atoms with E-state index in [2.05, 4.69) is 6.92 Å². The average molecular weight is 236 g/mol. The Kier molecular flexibility index (Phi) is 2.36. The standard InChI is InChI=1S/C14H20O3/c1-8-3-5-12-9(2)13(16)17-14(12)7-10(15)4-6-11(8)14/h8-9,11-12H,3-7H2,1-2H3/t8-,9-,11+,12-,14-/m1/s1. The molecule has 94 valence electrons. The first-order valence-electron chi connectivity index (χ1n) is 6.79. The summed E-state index contributed by atoms with van der Waals surface area (Å²) in [6.45, 7) is 4.21. The summed E-state index contributed by atoms with van der Waals surface area (Å²) in [5, 5.41) is 0. The number of ether oxygens (including phenoxy) is 1. The van der Waals surface area contributed by atoms with Crippen LogP contribution in [0.15, 0.2) is 0 Å². The van der Waals surface area contributed by atoms with Crippen LogP contribution in [0.25, 0.3) is 0 Å². The summed E-state index contributed by atoms with van der Waals surface area (Å²) in [6.07, 6.45) is 4.28. The van der Waals surface area contributed by atoms with Gasteiger partial charge in [0.1, 0.15) is 11.4 Å². The van der Waals surface area contributed by atoms with Crippen molar-refractivity contribution in [3.8, 4) is 0 Å². The van der Waals surface area contributed by atoms with E-state index >= 15 is 0 Å². The van der Waals surface area contributed by atoms with Crippen LogP contribution in [0.5, 0.6) is 0 Å².